The molecule has 0 unspecified atom stereocenters. The van der Waals surface area contributed by atoms with Crippen LogP contribution in [-0.4, -0.2) is 19.6 Å². The molecule has 0 saturated heterocycles. The number of benzene rings is 2. The number of carbonyl (C=O) groups excluding carboxylic acids is 1. The molecule has 0 radical (unpaired) electrons. The number of anilines is 1. The highest BCUT2D eigenvalue weighted by atomic mass is 35.5. The summed E-state index contributed by atoms with van der Waals surface area (Å²) in [6, 6.07) is 13.6. The molecule has 0 fully saturated rings. The molecule has 0 spiro atoms. The second kappa shape index (κ2) is 8.56. The van der Waals surface area contributed by atoms with E-state index < -0.39 is 0 Å². The van der Waals surface area contributed by atoms with Gasteiger partial charge in [-0.05, 0) is 24.1 Å². The van der Waals surface area contributed by atoms with Crippen LogP contribution < -0.4 is 15.4 Å². The van der Waals surface area contributed by atoms with E-state index in [2.05, 4.69) is 22.8 Å². The van der Waals surface area contributed by atoms with Gasteiger partial charge in [-0.15, -0.1) is 0 Å². The summed E-state index contributed by atoms with van der Waals surface area (Å²) < 4.78 is 5.25. The van der Waals surface area contributed by atoms with E-state index in [9.17, 15) is 4.79 Å². The third-order valence-corrected chi connectivity index (χ3v) is 3.86. The highest BCUT2D eigenvalue weighted by molar-refractivity contribution is 6.31. The van der Waals surface area contributed by atoms with Gasteiger partial charge in [-0.3, -0.25) is 4.79 Å². The molecular weight excluding hydrogens is 312 g/mol. The molecule has 2 N–H and O–H groups in total. The Bertz CT molecular complexity index is 660. The van der Waals surface area contributed by atoms with Gasteiger partial charge in [0.15, 0.2) is 0 Å². The van der Waals surface area contributed by atoms with E-state index in [1.54, 1.807) is 13.2 Å². The van der Waals surface area contributed by atoms with E-state index >= 15 is 0 Å². The number of nitrogens with one attached hydrogen (secondary N) is 2. The lowest BCUT2D eigenvalue weighted by Gasteiger charge is -2.12. The van der Waals surface area contributed by atoms with Crippen molar-refractivity contribution in [3.8, 4) is 5.75 Å². The zero-order valence-electron chi connectivity index (χ0n) is 13.4. The van der Waals surface area contributed by atoms with E-state index in [1.165, 1.54) is 5.56 Å². The summed E-state index contributed by atoms with van der Waals surface area (Å²) in [6.45, 7) is 3.24. The predicted octanol–water partition coefficient (Wildman–Crippen LogP) is 3.78. The van der Waals surface area contributed by atoms with E-state index in [0.29, 0.717) is 29.4 Å². The Morgan fingerprint density at radius 3 is 2.65 bits per heavy atom. The predicted molar refractivity (Wildman–Crippen MR) is 94.1 cm³/mol. The van der Waals surface area contributed by atoms with Gasteiger partial charge in [0.25, 0.3) is 0 Å². The van der Waals surface area contributed by atoms with Gasteiger partial charge in [0.2, 0.25) is 5.91 Å². The first-order valence-electron chi connectivity index (χ1n) is 7.49. The molecule has 5 heteroatoms. The highest BCUT2D eigenvalue weighted by Gasteiger charge is 2.10. The Morgan fingerprint density at radius 1 is 1.22 bits per heavy atom. The maximum absolute atomic E-state index is 12.0. The first-order chi connectivity index (χ1) is 11.1. The number of hydrogen-bond donors (Lipinski definition) is 2. The van der Waals surface area contributed by atoms with Gasteiger partial charge >= 0.3 is 0 Å². The van der Waals surface area contributed by atoms with Gasteiger partial charge in [0, 0.05) is 30.6 Å². The van der Waals surface area contributed by atoms with Crippen molar-refractivity contribution < 1.29 is 9.53 Å². The summed E-state index contributed by atoms with van der Waals surface area (Å²) in [7, 11) is 1.55. The molecule has 1 amide bonds. The first kappa shape index (κ1) is 17.3. The minimum Gasteiger partial charge on any atom is -0.495 e. The molecule has 0 atom stereocenters. The topological polar surface area (TPSA) is 50.4 Å². The van der Waals surface area contributed by atoms with Gasteiger partial charge in [-0.25, -0.2) is 0 Å². The fourth-order valence-corrected chi connectivity index (χ4v) is 2.33. The lowest BCUT2D eigenvalue weighted by molar-refractivity contribution is -0.116. The number of rotatable bonds is 7. The Balaban J connectivity index is 1.82. The average molecular weight is 333 g/mol. The average Bonchev–Trinajstić information content (AvgIpc) is 2.56. The SMILES string of the molecule is COc1cc(Cl)c(C)cc1NC(=O)CCNCc1ccccc1. The normalized spacial score (nSPS) is 10.4. The van der Waals surface area contributed by atoms with Gasteiger partial charge < -0.3 is 15.4 Å². The Kier molecular flexibility index (Phi) is 6.44. The molecule has 0 saturated carbocycles. The molecule has 0 bridgehead atoms. The van der Waals surface area contributed by atoms with Crippen LogP contribution in [0, 0.1) is 6.92 Å². The van der Waals surface area contributed by atoms with Crippen molar-refractivity contribution >= 4 is 23.2 Å². The largest absolute Gasteiger partial charge is 0.495 e. The zero-order chi connectivity index (χ0) is 16.7. The summed E-state index contributed by atoms with van der Waals surface area (Å²) in [5.74, 6) is 0.497. The van der Waals surface area contributed by atoms with Crippen molar-refractivity contribution in [3.05, 3.63) is 58.6 Å². The van der Waals surface area contributed by atoms with E-state index in [-0.39, 0.29) is 5.91 Å². The van der Waals surface area contributed by atoms with Crippen molar-refractivity contribution in [3.63, 3.8) is 0 Å². The van der Waals surface area contributed by atoms with Gasteiger partial charge in [0.1, 0.15) is 5.75 Å². The van der Waals surface area contributed by atoms with Crippen molar-refractivity contribution in [1.82, 2.24) is 5.32 Å². The molecule has 0 aliphatic heterocycles. The molecule has 2 aromatic carbocycles. The van der Waals surface area contributed by atoms with Crippen molar-refractivity contribution in [2.24, 2.45) is 0 Å². The summed E-state index contributed by atoms with van der Waals surface area (Å²) >= 11 is 6.06. The van der Waals surface area contributed by atoms with Crippen LogP contribution in [0.25, 0.3) is 0 Å². The minimum atomic E-state index is -0.0643. The van der Waals surface area contributed by atoms with Crippen LogP contribution in [0.1, 0.15) is 17.5 Å². The minimum absolute atomic E-state index is 0.0643. The quantitative estimate of drug-likeness (QED) is 0.759. The van der Waals surface area contributed by atoms with Crippen LogP contribution in [0.5, 0.6) is 5.75 Å². The molecule has 2 rings (SSSR count). The number of aryl methyl sites for hydroxylation is 1. The van der Waals surface area contributed by atoms with Gasteiger partial charge in [-0.2, -0.15) is 0 Å². The van der Waals surface area contributed by atoms with Crippen LogP contribution in [0.4, 0.5) is 5.69 Å². The molecule has 0 heterocycles. The molecule has 4 nitrogen and oxygen atoms in total. The van der Waals surface area contributed by atoms with E-state index in [4.69, 9.17) is 16.3 Å². The van der Waals surface area contributed by atoms with Crippen molar-refractivity contribution in [2.75, 3.05) is 19.0 Å². The number of hydrogen-bond acceptors (Lipinski definition) is 3. The fraction of sp³-hybridized carbons (Fsp3) is 0.278. The standard InChI is InChI=1S/C18H21ClN2O2/c1-13-10-16(17(23-2)11-15(13)19)21-18(22)8-9-20-12-14-6-4-3-5-7-14/h3-7,10-11,20H,8-9,12H2,1-2H3,(H,21,22). The van der Waals surface area contributed by atoms with Crippen molar-refractivity contribution in [2.45, 2.75) is 19.9 Å². The van der Waals surface area contributed by atoms with Crippen LogP contribution in [-0.2, 0) is 11.3 Å². The number of carbonyl (C=O) groups is 1. The zero-order valence-corrected chi connectivity index (χ0v) is 14.1. The molecule has 23 heavy (non-hydrogen) atoms. The molecule has 0 aromatic heterocycles. The molecule has 0 aliphatic carbocycles. The number of halogens is 1. The summed E-state index contributed by atoms with van der Waals surface area (Å²) in [4.78, 5) is 12.0. The molecular formula is C18H21ClN2O2. The molecule has 122 valence electrons. The Hall–Kier alpha value is -2.04. The smallest absolute Gasteiger partial charge is 0.225 e. The Labute approximate surface area is 141 Å². The summed E-state index contributed by atoms with van der Waals surface area (Å²) in [6.07, 6.45) is 0.387. The second-order valence-electron chi connectivity index (χ2n) is 5.26. The van der Waals surface area contributed by atoms with Crippen LogP contribution >= 0.6 is 11.6 Å². The van der Waals surface area contributed by atoms with Gasteiger partial charge in [-0.1, -0.05) is 41.9 Å². The van der Waals surface area contributed by atoms with E-state index in [1.807, 2.05) is 31.2 Å². The van der Waals surface area contributed by atoms with Crippen LogP contribution in [0.15, 0.2) is 42.5 Å². The lowest BCUT2D eigenvalue weighted by Crippen LogP contribution is -2.21. The third-order valence-electron chi connectivity index (χ3n) is 3.46. The van der Waals surface area contributed by atoms with Crippen LogP contribution in [0.3, 0.4) is 0 Å². The lowest BCUT2D eigenvalue weighted by atomic mass is 10.2. The maximum atomic E-state index is 12.0. The second-order valence-corrected chi connectivity index (χ2v) is 5.67. The molecule has 0 aliphatic rings. The monoisotopic (exact) mass is 332 g/mol. The first-order valence-corrected chi connectivity index (χ1v) is 7.86. The Morgan fingerprint density at radius 2 is 1.96 bits per heavy atom. The molecule has 2 aromatic rings. The maximum Gasteiger partial charge on any atom is 0.225 e. The number of ether oxygens (including phenoxy) is 1. The summed E-state index contributed by atoms with van der Waals surface area (Å²) in [5, 5.41) is 6.74. The van der Waals surface area contributed by atoms with Gasteiger partial charge in [0.05, 0.1) is 12.8 Å². The van der Waals surface area contributed by atoms with E-state index in [0.717, 1.165) is 12.1 Å². The van der Waals surface area contributed by atoms with Crippen molar-refractivity contribution in [1.29, 1.82) is 0 Å². The van der Waals surface area contributed by atoms with Crippen LogP contribution in [0.2, 0.25) is 5.02 Å². The number of methoxy groups -OCH3 is 1. The third kappa shape index (κ3) is 5.27. The fourth-order valence-electron chi connectivity index (χ4n) is 2.17. The number of amides is 1. The summed E-state index contributed by atoms with van der Waals surface area (Å²) in [5.41, 5.74) is 2.73. The highest BCUT2D eigenvalue weighted by Crippen LogP contribution is 2.30.